The summed E-state index contributed by atoms with van der Waals surface area (Å²) >= 11 is 0. The van der Waals surface area contributed by atoms with E-state index in [1.807, 2.05) is 0 Å². The van der Waals surface area contributed by atoms with Gasteiger partial charge in [-0.2, -0.15) is 4.89 Å². The first-order valence-corrected chi connectivity index (χ1v) is 11.5. The number of ether oxygens (including phenoxy) is 1. The Morgan fingerprint density at radius 1 is 0.760 bits per heavy atom. The average molecular weight is 382 g/mol. The smallest absolute Gasteiger partial charge is 0.350 e. The lowest BCUT2D eigenvalue weighted by Gasteiger charge is -2.16. The van der Waals surface area contributed by atoms with E-state index in [2.05, 4.69) is 16.5 Å². The van der Waals surface area contributed by atoms with Crippen molar-refractivity contribution in [1.82, 2.24) is 0 Å². The van der Waals surface area contributed by atoms with Crippen molar-refractivity contribution in [2.24, 2.45) is 0 Å². The van der Waals surface area contributed by atoms with E-state index >= 15 is 0 Å². The molecule has 25 heavy (non-hydrogen) atoms. The fourth-order valence-electron chi connectivity index (χ4n) is 2.78. The second-order valence-corrected chi connectivity index (χ2v) is 7.71. The Morgan fingerprint density at radius 3 is 1.60 bits per heavy atom. The van der Waals surface area contributed by atoms with Gasteiger partial charge in [-0.15, -0.1) is 4.67 Å². The van der Waals surface area contributed by atoms with Gasteiger partial charge in [-0.3, -0.25) is 0 Å². The van der Waals surface area contributed by atoms with E-state index in [0.29, 0.717) is 13.0 Å². The van der Waals surface area contributed by atoms with Crippen molar-refractivity contribution < 1.29 is 28.7 Å². The highest BCUT2D eigenvalue weighted by Crippen LogP contribution is 2.36. The van der Waals surface area contributed by atoms with Crippen LogP contribution in [-0.2, 0) is 18.9 Å². The van der Waals surface area contributed by atoms with Crippen LogP contribution in [0.5, 0.6) is 0 Å². The quantitative estimate of drug-likeness (QED) is 0.0955. The first-order valence-electron chi connectivity index (χ1n) is 10.0. The van der Waals surface area contributed by atoms with Gasteiger partial charge < -0.3 is 14.5 Å². The van der Waals surface area contributed by atoms with Crippen LogP contribution < -0.4 is 0 Å². The topological polar surface area (TPSA) is 85.2 Å². The summed E-state index contributed by atoms with van der Waals surface area (Å²) in [7, 11) is -4.62. The van der Waals surface area contributed by atoms with Crippen molar-refractivity contribution in [3.63, 3.8) is 0 Å². The molecule has 0 aromatic rings. The van der Waals surface area contributed by atoms with Crippen LogP contribution in [0.15, 0.2) is 0 Å². The minimum absolute atomic E-state index is 0.410. The third kappa shape index (κ3) is 20.2. The van der Waals surface area contributed by atoms with Gasteiger partial charge in [0.2, 0.25) is 0 Å². The Bertz CT molecular complexity index is 321. The molecule has 0 heterocycles. The molecule has 0 saturated heterocycles. The Labute approximate surface area is 153 Å². The second-order valence-electron chi connectivity index (χ2n) is 6.58. The summed E-state index contributed by atoms with van der Waals surface area (Å²) in [5.74, 6) is 0. The SMILES string of the molecule is CCCCCCCCCCCCCCCC(OCC)OOP(=O)(O)O. The summed E-state index contributed by atoms with van der Waals surface area (Å²) in [6, 6.07) is 0. The molecule has 0 aromatic heterocycles. The summed E-state index contributed by atoms with van der Waals surface area (Å²) in [6.45, 7) is 4.46. The third-order valence-electron chi connectivity index (χ3n) is 4.14. The predicted molar refractivity (Wildman–Crippen MR) is 99.9 cm³/mol. The fourth-order valence-corrected chi connectivity index (χ4v) is 2.99. The van der Waals surface area contributed by atoms with E-state index in [0.717, 1.165) is 12.8 Å². The van der Waals surface area contributed by atoms with Gasteiger partial charge in [0, 0.05) is 13.0 Å². The largest absolute Gasteiger partial charge is 0.496 e. The van der Waals surface area contributed by atoms with Crippen LogP contribution in [0.4, 0.5) is 0 Å². The van der Waals surface area contributed by atoms with Crippen LogP contribution >= 0.6 is 7.82 Å². The van der Waals surface area contributed by atoms with Crippen LogP contribution in [0.2, 0.25) is 0 Å². The molecule has 0 fully saturated rings. The fraction of sp³-hybridized carbons (Fsp3) is 1.00. The molecular weight excluding hydrogens is 343 g/mol. The summed E-state index contributed by atoms with van der Waals surface area (Å²) in [5.41, 5.74) is 0. The highest BCUT2D eigenvalue weighted by Gasteiger charge is 2.19. The molecule has 2 N–H and O–H groups in total. The summed E-state index contributed by atoms with van der Waals surface area (Å²) in [6.07, 6.45) is 16.4. The first kappa shape index (κ1) is 25.0. The normalized spacial score (nSPS) is 13.3. The van der Waals surface area contributed by atoms with Crippen LogP contribution in [0.1, 0.15) is 104 Å². The monoisotopic (exact) mass is 382 g/mol. The maximum Gasteiger partial charge on any atom is 0.496 e. The van der Waals surface area contributed by atoms with E-state index in [1.54, 1.807) is 6.92 Å². The maximum absolute atomic E-state index is 10.6. The molecule has 0 aliphatic rings. The standard InChI is InChI=1S/C18H39O6P/c1-3-5-6-7-8-9-10-11-12-13-14-15-16-17-18(22-4-2)23-24-25(19,20)21/h18H,3-17H2,1-2H3,(H2,19,20,21). The Hall–Kier alpha value is 0.0300. The molecule has 0 saturated carbocycles. The summed E-state index contributed by atoms with van der Waals surface area (Å²) in [4.78, 5) is 21.9. The van der Waals surface area contributed by atoms with Crippen molar-refractivity contribution in [2.45, 2.75) is 110 Å². The van der Waals surface area contributed by atoms with Gasteiger partial charge in [0.05, 0.1) is 0 Å². The second kappa shape index (κ2) is 17.4. The van der Waals surface area contributed by atoms with Crippen molar-refractivity contribution in [3.05, 3.63) is 0 Å². The molecule has 0 rings (SSSR count). The van der Waals surface area contributed by atoms with Crippen molar-refractivity contribution >= 4 is 7.82 Å². The minimum atomic E-state index is -4.62. The molecule has 0 aromatic carbocycles. The molecular formula is C18H39O6P. The first-order chi connectivity index (χ1) is 12.0. The molecule has 0 spiro atoms. The van der Waals surface area contributed by atoms with Crippen molar-refractivity contribution in [3.8, 4) is 0 Å². The van der Waals surface area contributed by atoms with Gasteiger partial charge in [0.25, 0.3) is 0 Å². The van der Waals surface area contributed by atoms with E-state index in [9.17, 15) is 4.57 Å². The Morgan fingerprint density at radius 2 is 1.20 bits per heavy atom. The summed E-state index contributed by atoms with van der Waals surface area (Å²) < 4.78 is 19.9. The highest BCUT2D eigenvalue weighted by molar-refractivity contribution is 7.46. The van der Waals surface area contributed by atoms with Gasteiger partial charge in [0.1, 0.15) is 0 Å². The van der Waals surface area contributed by atoms with Gasteiger partial charge in [-0.25, -0.2) is 4.57 Å². The van der Waals surface area contributed by atoms with Crippen LogP contribution in [0.25, 0.3) is 0 Å². The number of unbranched alkanes of at least 4 members (excludes halogenated alkanes) is 12. The van der Waals surface area contributed by atoms with Gasteiger partial charge in [-0.05, 0) is 13.3 Å². The van der Waals surface area contributed by atoms with E-state index < -0.39 is 14.1 Å². The molecule has 6 nitrogen and oxygen atoms in total. The molecule has 0 amide bonds. The third-order valence-corrected chi connectivity index (χ3v) is 4.42. The molecule has 0 aliphatic heterocycles. The lowest BCUT2D eigenvalue weighted by atomic mass is 10.0. The highest BCUT2D eigenvalue weighted by atomic mass is 31.2. The maximum atomic E-state index is 10.6. The average Bonchev–Trinajstić information content (AvgIpc) is 2.56. The molecule has 0 radical (unpaired) electrons. The number of hydrogen-bond acceptors (Lipinski definition) is 4. The zero-order valence-electron chi connectivity index (χ0n) is 16.2. The van der Waals surface area contributed by atoms with Crippen molar-refractivity contribution in [1.29, 1.82) is 0 Å². The zero-order chi connectivity index (χ0) is 18.8. The molecule has 0 bridgehead atoms. The predicted octanol–water partition coefficient (Wildman–Crippen LogP) is 5.87. The van der Waals surface area contributed by atoms with Gasteiger partial charge in [0.15, 0.2) is 6.29 Å². The minimum Gasteiger partial charge on any atom is -0.350 e. The van der Waals surface area contributed by atoms with Crippen LogP contribution in [0, 0.1) is 0 Å². The Kier molecular flexibility index (Phi) is 17.5. The Balaban J connectivity index is 3.41. The van der Waals surface area contributed by atoms with E-state index in [1.165, 1.54) is 70.6 Å². The van der Waals surface area contributed by atoms with E-state index in [4.69, 9.17) is 14.5 Å². The summed E-state index contributed by atoms with van der Waals surface area (Å²) in [5, 5.41) is 0. The molecule has 152 valence electrons. The molecule has 0 aliphatic carbocycles. The number of rotatable bonds is 19. The van der Waals surface area contributed by atoms with E-state index in [-0.39, 0.29) is 0 Å². The van der Waals surface area contributed by atoms with Crippen LogP contribution in [0.3, 0.4) is 0 Å². The van der Waals surface area contributed by atoms with Crippen molar-refractivity contribution in [2.75, 3.05) is 6.61 Å². The zero-order valence-corrected chi connectivity index (χ0v) is 17.1. The molecule has 7 heteroatoms. The van der Waals surface area contributed by atoms with Gasteiger partial charge in [-0.1, -0.05) is 84.0 Å². The number of hydrogen-bond donors (Lipinski definition) is 2. The van der Waals surface area contributed by atoms with Gasteiger partial charge >= 0.3 is 7.82 Å². The lowest BCUT2D eigenvalue weighted by Crippen LogP contribution is -2.17. The van der Waals surface area contributed by atoms with Crippen LogP contribution in [-0.4, -0.2) is 22.7 Å². The lowest BCUT2D eigenvalue weighted by molar-refractivity contribution is -0.328. The number of phosphoric acid groups is 1. The molecule has 1 atom stereocenters. The molecule has 1 unspecified atom stereocenters.